The molecule has 2 aliphatic heterocycles. The van der Waals surface area contributed by atoms with Gasteiger partial charge in [-0.1, -0.05) is 12.1 Å². The van der Waals surface area contributed by atoms with Crippen molar-refractivity contribution in [3.05, 3.63) is 41.2 Å². The Balaban J connectivity index is 1.64. The van der Waals surface area contributed by atoms with Crippen molar-refractivity contribution >= 4 is 29.4 Å². The van der Waals surface area contributed by atoms with E-state index in [2.05, 4.69) is 10.6 Å². The standard InChI is InChI=1S/C22H26FN3O5/c1-22(2,3)31-21(30)26-10-8-13(9-11-26)14-4-5-15(16(23)12-14)19(28)24-17-6-7-18(27)25-20(17)29/h4-5,8,12,17H,6-7,9-11H2,1-3H3,(H,24,28)(H,25,27,29). The summed E-state index contributed by atoms with van der Waals surface area (Å²) in [6.07, 6.45) is 2.27. The Bertz CT molecular complexity index is 951. The number of rotatable bonds is 3. The lowest BCUT2D eigenvalue weighted by Crippen LogP contribution is -2.52. The van der Waals surface area contributed by atoms with Gasteiger partial charge in [0.2, 0.25) is 11.8 Å². The number of halogens is 1. The van der Waals surface area contributed by atoms with Gasteiger partial charge in [0.1, 0.15) is 17.5 Å². The number of ether oxygens (including phenoxy) is 1. The van der Waals surface area contributed by atoms with Crippen molar-refractivity contribution < 1.29 is 28.3 Å². The van der Waals surface area contributed by atoms with Crippen LogP contribution in [0.25, 0.3) is 5.57 Å². The average Bonchev–Trinajstić information content (AvgIpc) is 2.68. The maximum absolute atomic E-state index is 14.6. The monoisotopic (exact) mass is 431 g/mol. The largest absolute Gasteiger partial charge is 0.444 e. The lowest BCUT2D eigenvalue weighted by molar-refractivity contribution is -0.134. The highest BCUT2D eigenvalue weighted by Crippen LogP contribution is 2.25. The Hall–Kier alpha value is -3.23. The average molecular weight is 431 g/mol. The van der Waals surface area contributed by atoms with E-state index in [9.17, 15) is 23.6 Å². The molecule has 4 amide bonds. The number of hydrogen-bond acceptors (Lipinski definition) is 5. The summed E-state index contributed by atoms with van der Waals surface area (Å²) < 4.78 is 20.0. The third kappa shape index (κ3) is 5.68. The van der Waals surface area contributed by atoms with E-state index in [1.165, 1.54) is 12.1 Å². The van der Waals surface area contributed by atoms with Crippen LogP contribution in [-0.4, -0.2) is 53.4 Å². The molecule has 1 aromatic rings. The summed E-state index contributed by atoms with van der Waals surface area (Å²) >= 11 is 0. The molecule has 0 aliphatic carbocycles. The second-order valence-corrected chi connectivity index (χ2v) is 8.58. The molecule has 2 aliphatic rings. The zero-order valence-corrected chi connectivity index (χ0v) is 17.8. The second kappa shape index (κ2) is 8.87. The molecule has 0 bridgehead atoms. The zero-order chi connectivity index (χ0) is 22.8. The van der Waals surface area contributed by atoms with E-state index in [4.69, 9.17) is 4.74 Å². The molecule has 0 aromatic heterocycles. The number of piperidine rings is 1. The summed E-state index contributed by atoms with van der Waals surface area (Å²) in [6, 6.07) is 3.41. The Morgan fingerprint density at radius 3 is 2.55 bits per heavy atom. The highest BCUT2D eigenvalue weighted by Gasteiger charge is 2.29. The SMILES string of the molecule is CC(C)(C)OC(=O)N1CC=C(c2ccc(C(=O)NC3CCC(=O)NC3=O)c(F)c2)CC1. The number of carbonyl (C=O) groups is 4. The third-order valence-electron chi connectivity index (χ3n) is 4.99. The van der Waals surface area contributed by atoms with Crippen LogP contribution in [0.1, 0.15) is 56.0 Å². The third-order valence-corrected chi connectivity index (χ3v) is 4.99. The number of hydrogen-bond donors (Lipinski definition) is 2. The highest BCUT2D eigenvalue weighted by atomic mass is 19.1. The molecular formula is C22H26FN3O5. The first-order chi connectivity index (χ1) is 14.5. The van der Waals surface area contributed by atoms with Crippen molar-refractivity contribution in [2.24, 2.45) is 0 Å². The van der Waals surface area contributed by atoms with E-state index in [0.717, 1.165) is 5.57 Å². The predicted octanol–water partition coefficient (Wildman–Crippen LogP) is 2.38. The molecule has 8 nitrogen and oxygen atoms in total. The van der Waals surface area contributed by atoms with Gasteiger partial charge in [0.05, 0.1) is 5.56 Å². The predicted molar refractivity (Wildman–Crippen MR) is 110 cm³/mol. The molecule has 31 heavy (non-hydrogen) atoms. The molecule has 0 spiro atoms. The summed E-state index contributed by atoms with van der Waals surface area (Å²) in [4.78, 5) is 49.1. The van der Waals surface area contributed by atoms with Crippen LogP contribution >= 0.6 is 0 Å². The summed E-state index contributed by atoms with van der Waals surface area (Å²) in [6.45, 7) is 6.20. The van der Waals surface area contributed by atoms with Gasteiger partial charge in [0.25, 0.3) is 5.91 Å². The molecule has 3 rings (SSSR count). The molecular weight excluding hydrogens is 405 g/mol. The fourth-order valence-electron chi connectivity index (χ4n) is 3.39. The van der Waals surface area contributed by atoms with E-state index in [1.54, 1.807) is 31.7 Å². The number of benzene rings is 1. The van der Waals surface area contributed by atoms with Gasteiger partial charge in [-0.25, -0.2) is 9.18 Å². The van der Waals surface area contributed by atoms with Gasteiger partial charge < -0.3 is 15.0 Å². The van der Waals surface area contributed by atoms with Crippen molar-refractivity contribution in [2.45, 2.75) is 51.7 Å². The van der Waals surface area contributed by atoms with Crippen LogP contribution in [0.2, 0.25) is 0 Å². The first-order valence-electron chi connectivity index (χ1n) is 10.1. The Kier molecular flexibility index (Phi) is 6.42. The maximum Gasteiger partial charge on any atom is 0.410 e. The normalized spacial score (nSPS) is 19.4. The fraction of sp³-hybridized carbons (Fsp3) is 0.455. The molecule has 0 saturated carbocycles. The molecule has 1 saturated heterocycles. The summed E-state index contributed by atoms with van der Waals surface area (Å²) in [5.74, 6) is -2.41. The maximum atomic E-state index is 14.6. The number of carbonyl (C=O) groups excluding carboxylic acids is 4. The highest BCUT2D eigenvalue weighted by molar-refractivity contribution is 6.03. The topological polar surface area (TPSA) is 105 Å². The van der Waals surface area contributed by atoms with E-state index in [0.29, 0.717) is 25.1 Å². The minimum absolute atomic E-state index is 0.118. The first kappa shape index (κ1) is 22.5. The molecule has 166 valence electrons. The van der Waals surface area contributed by atoms with Gasteiger partial charge in [0.15, 0.2) is 0 Å². The van der Waals surface area contributed by atoms with Crippen molar-refractivity contribution in [2.75, 3.05) is 13.1 Å². The van der Waals surface area contributed by atoms with E-state index in [1.807, 2.05) is 6.08 Å². The number of nitrogens with zero attached hydrogens (tertiary/aromatic N) is 1. The van der Waals surface area contributed by atoms with Gasteiger partial charge in [-0.05, 0) is 56.9 Å². The Labute approximate surface area is 179 Å². The van der Waals surface area contributed by atoms with Crippen LogP contribution in [0.4, 0.5) is 9.18 Å². The van der Waals surface area contributed by atoms with Crippen LogP contribution in [0.5, 0.6) is 0 Å². The van der Waals surface area contributed by atoms with E-state index < -0.39 is 41.3 Å². The van der Waals surface area contributed by atoms with Crippen LogP contribution in [0.15, 0.2) is 24.3 Å². The molecule has 2 heterocycles. The van der Waals surface area contributed by atoms with Crippen LogP contribution in [-0.2, 0) is 14.3 Å². The van der Waals surface area contributed by atoms with Crippen LogP contribution < -0.4 is 10.6 Å². The summed E-state index contributed by atoms with van der Waals surface area (Å²) in [5.41, 5.74) is 0.740. The molecule has 1 fully saturated rings. The first-order valence-corrected chi connectivity index (χ1v) is 10.1. The van der Waals surface area contributed by atoms with Crippen molar-refractivity contribution in [1.82, 2.24) is 15.5 Å². The lowest BCUT2D eigenvalue weighted by atomic mass is 9.97. The number of amides is 4. The zero-order valence-electron chi connectivity index (χ0n) is 17.8. The smallest absolute Gasteiger partial charge is 0.410 e. The molecule has 1 atom stereocenters. The summed E-state index contributed by atoms with van der Waals surface area (Å²) in [7, 11) is 0. The Morgan fingerprint density at radius 1 is 1.23 bits per heavy atom. The van der Waals surface area contributed by atoms with Crippen LogP contribution in [0, 0.1) is 5.82 Å². The lowest BCUT2D eigenvalue weighted by Gasteiger charge is -2.29. The van der Waals surface area contributed by atoms with Gasteiger partial charge in [-0.3, -0.25) is 19.7 Å². The van der Waals surface area contributed by atoms with Gasteiger partial charge in [-0.2, -0.15) is 0 Å². The van der Waals surface area contributed by atoms with E-state index in [-0.39, 0.29) is 18.4 Å². The molecule has 0 radical (unpaired) electrons. The van der Waals surface area contributed by atoms with Crippen molar-refractivity contribution in [3.63, 3.8) is 0 Å². The Morgan fingerprint density at radius 2 is 1.97 bits per heavy atom. The number of imide groups is 1. The minimum atomic E-state index is -0.871. The van der Waals surface area contributed by atoms with Gasteiger partial charge in [-0.15, -0.1) is 0 Å². The fourth-order valence-corrected chi connectivity index (χ4v) is 3.39. The van der Waals surface area contributed by atoms with Crippen molar-refractivity contribution in [3.8, 4) is 0 Å². The van der Waals surface area contributed by atoms with E-state index >= 15 is 0 Å². The summed E-state index contributed by atoms with van der Waals surface area (Å²) in [5, 5.41) is 4.61. The van der Waals surface area contributed by atoms with Crippen molar-refractivity contribution in [1.29, 1.82) is 0 Å². The van der Waals surface area contributed by atoms with Gasteiger partial charge >= 0.3 is 6.09 Å². The van der Waals surface area contributed by atoms with Gasteiger partial charge in [0, 0.05) is 19.5 Å². The molecule has 2 N–H and O–H groups in total. The minimum Gasteiger partial charge on any atom is -0.444 e. The molecule has 1 aromatic carbocycles. The molecule has 9 heteroatoms. The quantitative estimate of drug-likeness (QED) is 0.715. The van der Waals surface area contributed by atoms with Crippen LogP contribution in [0.3, 0.4) is 0 Å². The second-order valence-electron chi connectivity index (χ2n) is 8.58. The molecule has 1 unspecified atom stereocenters. The number of nitrogens with one attached hydrogen (secondary N) is 2.